The van der Waals surface area contributed by atoms with E-state index >= 15 is 0 Å². The Hall–Kier alpha value is -1.73. The van der Waals surface area contributed by atoms with E-state index in [1.165, 1.54) is 37.9 Å². The number of likely N-dealkylation sites (tertiary alicyclic amines) is 1. The quantitative estimate of drug-likeness (QED) is 0.918. The van der Waals surface area contributed by atoms with E-state index in [-0.39, 0.29) is 6.10 Å². The maximum Gasteiger partial charge on any atom is 0.143 e. The predicted octanol–water partition coefficient (Wildman–Crippen LogP) is 2.76. The van der Waals surface area contributed by atoms with E-state index in [1.54, 1.807) is 0 Å². The molecule has 20 heavy (non-hydrogen) atoms. The predicted molar refractivity (Wildman–Crippen MR) is 78.7 cm³/mol. The number of nitrogens with one attached hydrogen (secondary N) is 1. The first-order valence-electron chi connectivity index (χ1n) is 7.48. The standard InChI is InChI=1S/C16H21N3O/c17-7-6-14-11-18-15-5-4-13(10-16(15)20-14)12-19-8-2-1-3-9-19/h4-5,10,14,18H,1-3,6,8-9,11-12H2. The summed E-state index contributed by atoms with van der Waals surface area (Å²) < 4.78 is 5.90. The van der Waals surface area contributed by atoms with Crippen LogP contribution < -0.4 is 10.1 Å². The molecule has 1 saturated heterocycles. The number of hydrogen-bond donors (Lipinski definition) is 1. The van der Waals surface area contributed by atoms with Crippen molar-refractivity contribution in [2.45, 2.75) is 38.3 Å². The third-order valence-electron chi connectivity index (χ3n) is 4.03. The molecule has 0 aliphatic carbocycles. The SMILES string of the molecule is N#CCC1CNc2ccc(CN3CCCCC3)cc2O1. The Balaban J connectivity index is 1.68. The van der Waals surface area contributed by atoms with Gasteiger partial charge in [-0.15, -0.1) is 0 Å². The van der Waals surface area contributed by atoms with Gasteiger partial charge in [0.15, 0.2) is 0 Å². The minimum absolute atomic E-state index is 0.0299. The molecule has 0 spiro atoms. The maximum absolute atomic E-state index is 8.77. The number of nitrogens with zero attached hydrogens (tertiary/aromatic N) is 2. The summed E-state index contributed by atoms with van der Waals surface area (Å²) in [5.74, 6) is 0.894. The number of hydrogen-bond acceptors (Lipinski definition) is 4. The van der Waals surface area contributed by atoms with Gasteiger partial charge in [0, 0.05) is 6.54 Å². The van der Waals surface area contributed by atoms with Crippen molar-refractivity contribution in [2.75, 3.05) is 25.0 Å². The summed E-state index contributed by atoms with van der Waals surface area (Å²) in [6.07, 6.45) is 4.39. The average Bonchev–Trinajstić information content (AvgIpc) is 2.48. The van der Waals surface area contributed by atoms with Crippen LogP contribution in [0.25, 0.3) is 0 Å². The number of rotatable bonds is 3. The molecule has 106 valence electrons. The van der Waals surface area contributed by atoms with E-state index in [9.17, 15) is 0 Å². The topological polar surface area (TPSA) is 48.3 Å². The zero-order chi connectivity index (χ0) is 13.8. The Kier molecular flexibility index (Phi) is 4.08. The second kappa shape index (κ2) is 6.15. The molecule has 2 aliphatic heterocycles. The molecule has 0 amide bonds. The summed E-state index contributed by atoms with van der Waals surface area (Å²) >= 11 is 0. The molecule has 1 atom stereocenters. The zero-order valence-electron chi connectivity index (χ0n) is 11.8. The van der Waals surface area contributed by atoms with Crippen LogP contribution in [-0.2, 0) is 6.54 Å². The van der Waals surface area contributed by atoms with Crippen molar-refractivity contribution in [3.8, 4) is 11.8 Å². The van der Waals surface area contributed by atoms with Crippen molar-refractivity contribution in [3.05, 3.63) is 23.8 Å². The van der Waals surface area contributed by atoms with Gasteiger partial charge in [0.2, 0.25) is 0 Å². The summed E-state index contributed by atoms with van der Waals surface area (Å²) in [4.78, 5) is 2.51. The Bertz CT molecular complexity index is 503. The van der Waals surface area contributed by atoms with Crippen LogP contribution in [0, 0.1) is 11.3 Å². The van der Waals surface area contributed by atoms with Crippen LogP contribution in [0.5, 0.6) is 5.75 Å². The minimum Gasteiger partial charge on any atom is -0.485 e. The molecule has 1 unspecified atom stereocenters. The summed E-state index contributed by atoms with van der Waals surface area (Å²) in [6.45, 7) is 4.12. The summed E-state index contributed by atoms with van der Waals surface area (Å²) in [6, 6.07) is 8.57. The fraction of sp³-hybridized carbons (Fsp3) is 0.562. The number of fused-ring (bicyclic) bond motifs is 1. The van der Waals surface area contributed by atoms with Gasteiger partial charge >= 0.3 is 0 Å². The largest absolute Gasteiger partial charge is 0.485 e. The highest BCUT2D eigenvalue weighted by Gasteiger charge is 2.19. The molecular formula is C16H21N3O. The molecule has 1 fully saturated rings. The van der Waals surface area contributed by atoms with E-state index in [0.29, 0.717) is 13.0 Å². The van der Waals surface area contributed by atoms with Gasteiger partial charge in [0.1, 0.15) is 11.9 Å². The van der Waals surface area contributed by atoms with Crippen LogP contribution in [0.4, 0.5) is 5.69 Å². The van der Waals surface area contributed by atoms with Gasteiger partial charge in [0.25, 0.3) is 0 Å². The van der Waals surface area contributed by atoms with Crippen LogP contribution >= 0.6 is 0 Å². The van der Waals surface area contributed by atoms with Crippen LogP contribution in [-0.4, -0.2) is 30.6 Å². The monoisotopic (exact) mass is 271 g/mol. The van der Waals surface area contributed by atoms with Gasteiger partial charge in [-0.1, -0.05) is 12.5 Å². The number of benzene rings is 1. The highest BCUT2D eigenvalue weighted by molar-refractivity contribution is 5.59. The van der Waals surface area contributed by atoms with Crippen LogP contribution in [0.15, 0.2) is 18.2 Å². The lowest BCUT2D eigenvalue weighted by Gasteiger charge is -2.29. The number of anilines is 1. The third kappa shape index (κ3) is 3.05. The molecule has 1 aromatic carbocycles. The fourth-order valence-electron chi connectivity index (χ4n) is 2.95. The van der Waals surface area contributed by atoms with Crippen LogP contribution in [0.3, 0.4) is 0 Å². The molecule has 0 aromatic heterocycles. The summed E-state index contributed by atoms with van der Waals surface area (Å²) in [5, 5.41) is 12.1. The molecule has 0 saturated carbocycles. The average molecular weight is 271 g/mol. The van der Waals surface area contributed by atoms with Gasteiger partial charge in [-0.3, -0.25) is 4.90 Å². The fourth-order valence-corrected chi connectivity index (χ4v) is 2.95. The van der Waals surface area contributed by atoms with Gasteiger partial charge in [-0.05, 0) is 43.6 Å². The molecule has 2 aliphatic rings. The molecular weight excluding hydrogens is 250 g/mol. The van der Waals surface area contributed by atoms with Crippen molar-refractivity contribution in [3.63, 3.8) is 0 Å². The van der Waals surface area contributed by atoms with Crippen LogP contribution in [0.1, 0.15) is 31.2 Å². The summed E-state index contributed by atoms with van der Waals surface area (Å²) in [7, 11) is 0. The molecule has 4 nitrogen and oxygen atoms in total. The van der Waals surface area contributed by atoms with E-state index in [2.05, 4.69) is 34.5 Å². The molecule has 4 heteroatoms. The van der Waals surface area contributed by atoms with E-state index in [0.717, 1.165) is 18.0 Å². The van der Waals surface area contributed by atoms with E-state index in [1.807, 2.05) is 0 Å². The second-order valence-electron chi connectivity index (χ2n) is 5.65. The smallest absolute Gasteiger partial charge is 0.143 e. The first-order valence-corrected chi connectivity index (χ1v) is 7.48. The Labute approximate surface area is 120 Å². The van der Waals surface area contributed by atoms with Crippen molar-refractivity contribution in [2.24, 2.45) is 0 Å². The summed E-state index contributed by atoms with van der Waals surface area (Å²) in [5.41, 5.74) is 2.34. The van der Waals surface area contributed by atoms with Crippen LogP contribution in [0.2, 0.25) is 0 Å². The normalized spacial score (nSPS) is 22.2. The van der Waals surface area contributed by atoms with E-state index < -0.39 is 0 Å². The van der Waals surface area contributed by atoms with Gasteiger partial charge in [-0.2, -0.15) is 5.26 Å². The first kappa shape index (κ1) is 13.3. The van der Waals surface area contributed by atoms with Crippen molar-refractivity contribution < 1.29 is 4.74 Å². The lowest BCUT2D eigenvalue weighted by molar-refractivity contribution is 0.208. The maximum atomic E-state index is 8.77. The highest BCUT2D eigenvalue weighted by atomic mass is 16.5. The number of nitriles is 1. The van der Waals surface area contributed by atoms with E-state index in [4.69, 9.17) is 10.00 Å². The molecule has 1 N–H and O–H groups in total. The number of ether oxygens (including phenoxy) is 1. The molecule has 3 rings (SSSR count). The lowest BCUT2D eigenvalue weighted by Crippen LogP contribution is -2.31. The first-order chi connectivity index (χ1) is 9.85. The van der Waals surface area contributed by atoms with Gasteiger partial charge in [0.05, 0.1) is 24.7 Å². The molecule has 0 bridgehead atoms. The highest BCUT2D eigenvalue weighted by Crippen LogP contribution is 2.31. The van der Waals surface area contributed by atoms with Crippen molar-refractivity contribution in [1.82, 2.24) is 4.90 Å². The van der Waals surface area contributed by atoms with Gasteiger partial charge < -0.3 is 10.1 Å². The lowest BCUT2D eigenvalue weighted by atomic mass is 10.1. The Morgan fingerprint density at radius 3 is 2.95 bits per heavy atom. The minimum atomic E-state index is -0.0299. The van der Waals surface area contributed by atoms with Crippen molar-refractivity contribution in [1.29, 1.82) is 5.26 Å². The second-order valence-corrected chi connectivity index (χ2v) is 5.65. The van der Waals surface area contributed by atoms with Crippen molar-refractivity contribution >= 4 is 5.69 Å². The van der Waals surface area contributed by atoms with Gasteiger partial charge in [-0.25, -0.2) is 0 Å². The Morgan fingerprint density at radius 2 is 2.15 bits per heavy atom. The Morgan fingerprint density at radius 1 is 1.30 bits per heavy atom. The molecule has 0 radical (unpaired) electrons. The molecule has 1 aromatic rings. The molecule has 2 heterocycles. The third-order valence-corrected chi connectivity index (χ3v) is 4.03. The number of piperidine rings is 1. The zero-order valence-corrected chi connectivity index (χ0v) is 11.8.